The van der Waals surface area contributed by atoms with Gasteiger partial charge in [0.05, 0.1) is 10.3 Å². The third-order valence-corrected chi connectivity index (χ3v) is 5.40. The second-order valence-electron chi connectivity index (χ2n) is 5.99. The molecular formula is C16H21N3O2S. The zero-order valence-electron chi connectivity index (χ0n) is 13.2. The van der Waals surface area contributed by atoms with Gasteiger partial charge in [0.25, 0.3) is 11.5 Å². The van der Waals surface area contributed by atoms with Gasteiger partial charge in [-0.1, -0.05) is 13.3 Å². The summed E-state index contributed by atoms with van der Waals surface area (Å²) >= 11 is 1.34. The Morgan fingerprint density at radius 1 is 1.50 bits per heavy atom. The largest absolute Gasteiger partial charge is 0.349 e. The molecule has 2 aromatic rings. The molecule has 1 amide bonds. The summed E-state index contributed by atoms with van der Waals surface area (Å²) in [6.07, 6.45) is 3.80. The molecule has 0 unspecified atom stereocenters. The lowest BCUT2D eigenvalue weighted by Crippen LogP contribution is -2.32. The van der Waals surface area contributed by atoms with Crippen molar-refractivity contribution in [1.29, 1.82) is 0 Å². The van der Waals surface area contributed by atoms with Gasteiger partial charge in [-0.25, -0.2) is 4.98 Å². The van der Waals surface area contributed by atoms with Gasteiger partial charge in [0.2, 0.25) is 0 Å². The SMILES string of the molecule is CCC[C@H](C)NC(=O)c1sc2nc3n(c(=O)c2c1C)CCC3. The summed E-state index contributed by atoms with van der Waals surface area (Å²) in [5.41, 5.74) is 0.771. The Balaban J connectivity index is 2.02. The summed E-state index contributed by atoms with van der Waals surface area (Å²) in [5, 5.41) is 3.63. The van der Waals surface area contributed by atoms with Crippen molar-refractivity contribution in [3.63, 3.8) is 0 Å². The fourth-order valence-electron chi connectivity index (χ4n) is 3.09. The fraction of sp³-hybridized carbons (Fsp3) is 0.562. The number of aromatic nitrogens is 2. The molecule has 6 heteroatoms. The van der Waals surface area contributed by atoms with Gasteiger partial charge in [0, 0.05) is 19.0 Å². The number of hydrogen-bond acceptors (Lipinski definition) is 4. The van der Waals surface area contributed by atoms with Crippen LogP contribution in [0.25, 0.3) is 10.2 Å². The lowest BCUT2D eigenvalue weighted by atomic mass is 10.1. The first-order chi connectivity index (χ1) is 10.5. The van der Waals surface area contributed by atoms with Crippen LogP contribution in [0.2, 0.25) is 0 Å². The number of amides is 1. The second-order valence-corrected chi connectivity index (χ2v) is 6.99. The van der Waals surface area contributed by atoms with Crippen LogP contribution in [0.1, 0.15) is 54.2 Å². The van der Waals surface area contributed by atoms with Crippen molar-refractivity contribution in [2.24, 2.45) is 0 Å². The maximum atomic E-state index is 12.6. The Kier molecular flexibility index (Phi) is 4.04. The number of hydrogen-bond donors (Lipinski definition) is 1. The van der Waals surface area contributed by atoms with Crippen LogP contribution in [0, 0.1) is 6.92 Å². The number of aryl methyl sites for hydroxylation is 2. The van der Waals surface area contributed by atoms with Crippen molar-refractivity contribution in [3.05, 3.63) is 26.6 Å². The van der Waals surface area contributed by atoms with Crippen molar-refractivity contribution in [2.45, 2.75) is 59.0 Å². The summed E-state index contributed by atoms with van der Waals surface area (Å²) in [7, 11) is 0. The van der Waals surface area contributed by atoms with Crippen LogP contribution in [0.5, 0.6) is 0 Å². The highest BCUT2D eigenvalue weighted by atomic mass is 32.1. The van der Waals surface area contributed by atoms with E-state index in [1.165, 1.54) is 11.3 Å². The first-order valence-electron chi connectivity index (χ1n) is 7.86. The van der Waals surface area contributed by atoms with Crippen LogP contribution in [0.4, 0.5) is 0 Å². The second kappa shape index (κ2) is 5.83. The van der Waals surface area contributed by atoms with E-state index in [0.717, 1.165) is 43.6 Å². The van der Waals surface area contributed by atoms with Crippen molar-refractivity contribution < 1.29 is 4.79 Å². The third-order valence-electron chi connectivity index (χ3n) is 4.22. The van der Waals surface area contributed by atoms with E-state index in [4.69, 9.17) is 0 Å². The minimum Gasteiger partial charge on any atom is -0.349 e. The van der Waals surface area contributed by atoms with Gasteiger partial charge >= 0.3 is 0 Å². The Labute approximate surface area is 133 Å². The van der Waals surface area contributed by atoms with Crippen LogP contribution in [0.15, 0.2) is 4.79 Å². The molecule has 118 valence electrons. The molecule has 3 rings (SSSR count). The molecule has 0 bridgehead atoms. The Morgan fingerprint density at radius 2 is 2.27 bits per heavy atom. The predicted molar refractivity (Wildman–Crippen MR) is 88.8 cm³/mol. The molecule has 0 saturated heterocycles. The van der Waals surface area contributed by atoms with Crippen LogP contribution in [0.3, 0.4) is 0 Å². The molecule has 0 aromatic carbocycles. The normalized spacial score (nSPS) is 15.0. The van der Waals surface area contributed by atoms with Crippen LogP contribution in [-0.4, -0.2) is 21.5 Å². The first kappa shape index (κ1) is 15.2. The maximum Gasteiger partial charge on any atom is 0.262 e. The van der Waals surface area contributed by atoms with E-state index in [2.05, 4.69) is 17.2 Å². The van der Waals surface area contributed by atoms with Gasteiger partial charge in [0.1, 0.15) is 10.7 Å². The average Bonchev–Trinajstić information content (AvgIpc) is 3.04. The summed E-state index contributed by atoms with van der Waals surface area (Å²) in [5.74, 6) is 0.760. The van der Waals surface area contributed by atoms with E-state index in [1.807, 2.05) is 13.8 Å². The summed E-state index contributed by atoms with van der Waals surface area (Å²) in [6, 6.07) is 0.140. The molecule has 0 fully saturated rings. The van der Waals surface area contributed by atoms with Crippen LogP contribution in [-0.2, 0) is 13.0 Å². The highest BCUT2D eigenvalue weighted by Crippen LogP contribution is 2.28. The molecule has 1 N–H and O–H groups in total. The quantitative estimate of drug-likeness (QED) is 0.942. The van der Waals surface area contributed by atoms with Crippen LogP contribution < -0.4 is 10.9 Å². The Bertz CT molecular complexity index is 791. The molecule has 0 saturated carbocycles. The number of carbonyl (C=O) groups is 1. The monoisotopic (exact) mass is 319 g/mol. The number of rotatable bonds is 4. The van der Waals surface area contributed by atoms with Crippen molar-refractivity contribution in [2.75, 3.05) is 0 Å². The van der Waals surface area contributed by atoms with E-state index in [1.54, 1.807) is 4.57 Å². The lowest BCUT2D eigenvalue weighted by molar-refractivity contribution is 0.0942. The minimum atomic E-state index is -0.0917. The number of fused-ring (bicyclic) bond motifs is 2. The van der Waals surface area contributed by atoms with Crippen molar-refractivity contribution >= 4 is 27.5 Å². The van der Waals surface area contributed by atoms with E-state index in [-0.39, 0.29) is 17.5 Å². The number of nitrogens with one attached hydrogen (secondary N) is 1. The fourth-order valence-corrected chi connectivity index (χ4v) is 4.18. The van der Waals surface area contributed by atoms with Gasteiger partial charge < -0.3 is 5.32 Å². The third kappa shape index (κ3) is 2.45. The Hall–Kier alpha value is -1.69. The average molecular weight is 319 g/mol. The van der Waals surface area contributed by atoms with Gasteiger partial charge in [-0.3, -0.25) is 14.2 Å². The summed E-state index contributed by atoms with van der Waals surface area (Å²) in [6.45, 7) is 6.69. The molecule has 1 aliphatic heterocycles. The molecule has 1 atom stereocenters. The Morgan fingerprint density at radius 3 is 3.00 bits per heavy atom. The van der Waals surface area contributed by atoms with Gasteiger partial charge in [0.15, 0.2) is 0 Å². The highest BCUT2D eigenvalue weighted by Gasteiger charge is 2.23. The molecule has 3 heterocycles. The number of nitrogens with zero attached hydrogens (tertiary/aromatic N) is 2. The smallest absolute Gasteiger partial charge is 0.262 e. The van der Waals surface area contributed by atoms with Crippen molar-refractivity contribution in [3.8, 4) is 0 Å². The van der Waals surface area contributed by atoms with Crippen molar-refractivity contribution in [1.82, 2.24) is 14.9 Å². The predicted octanol–water partition coefficient (Wildman–Crippen LogP) is 2.63. The van der Waals surface area contributed by atoms with E-state index >= 15 is 0 Å². The molecule has 1 aliphatic rings. The van der Waals surface area contributed by atoms with E-state index < -0.39 is 0 Å². The molecule has 2 aromatic heterocycles. The maximum absolute atomic E-state index is 12.6. The minimum absolute atomic E-state index is 0.00640. The first-order valence-corrected chi connectivity index (χ1v) is 8.68. The van der Waals surface area contributed by atoms with E-state index in [9.17, 15) is 9.59 Å². The highest BCUT2D eigenvalue weighted by molar-refractivity contribution is 7.20. The molecule has 0 spiro atoms. The zero-order valence-corrected chi connectivity index (χ0v) is 14.0. The van der Waals surface area contributed by atoms with Gasteiger partial charge in [-0.2, -0.15) is 0 Å². The molecule has 22 heavy (non-hydrogen) atoms. The number of thiophene rings is 1. The summed E-state index contributed by atoms with van der Waals surface area (Å²) in [4.78, 5) is 31.0. The summed E-state index contributed by atoms with van der Waals surface area (Å²) < 4.78 is 1.75. The lowest BCUT2D eigenvalue weighted by Gasteiger charge is -2.12. The van der Waals surface area contributed by atoms with Crippen LogP contribution >= 0.6 is 11.3 Å². The van der Waals surface area contributed by atoms with E-state index in [0.29, 0.717) is 15.1 Å². The number of carbonyl (C=O) groups excluding carboxylic acids is 1. The molecular weight excluding hydrogens is 298 g/mol. The molecule has 0 aliphatic carbocycles. The van der Waals surface area contributed by atoms with Gasteiger partial charge in [-0.05, 0) is 32.3 Å². The van der Waals surface area contributed by atoms with Gasteiger partial charge in [-0.15, -0.1) is 11.3 Å². The molecule has 5 nitrogen and oxygen atoms in total. The zero-order chi connectivity index (χ0) is 15.9. The topological polar surface area (TPSA) is 64.0 Å². The standard InChI is InChI=1S/C16H21N3O2S/c1-4-6-9(2)17-14(20)13-10(3)12-15(22-13)18-11-7-5-8-19(11)16(12)21/h9H,4-8H2,1-3H3,(H,17,20)/t9-/m0/s1. The molecule has 0 radical (unpaired) electrons.